The van der Waals surface area contributed by atoms with Crippen molar-refractivity contribution in [2.75, 3.05) is 4.90 Å². The summed E-state index contributed by atoms with van der Waals surface area (Å²) in [5.41, 5.74) is -4.81. The van der Waals surface area contributed by atoms with Gasteiger partial charge in [0, 0.05) is 38.6 Å². The number of furan rings is 2. The van der Waals surface area contributed by atoms with Crippen LogP contribution in [0.5, 0.6) is 0 Å². The predicted molar refractivity (Wildman–Crippen MR) is 171 cm³/mol. The number of benzene rings is 7. The summed E-state index contributed by atoms with van der Waals surface area (Å²) in [6.45, 7) is 0. The zero-order valence-electron chi connectivity index (χ0n) is 43.3. The summed E-state index contributed by atoms with van der Waals surface area (Å²) in [7, 11) is 0. The van der Waals surface area contributed by atoms with E-state index in [2.05, 4.69) is 0 Å². The van der Waals surface area contributed by atoms with Gasteiger partial charge in [0.05, 0.1) is 31.5 Å². The summed E-state index contributed by atoms with van der Waals surface area (Å²) in [6.07, 6.45) is 0. The third-order valence-corrected chi connectivity index (χ3v) is 6.46. The Labute approximate surface area is 267 Å². The minimum atomic E-state index is -1.05. The number of para-hydroxylation sites is 3. The Hall–Kier alpha value is -5.54. The lowest BCUT2D eigenvalue weighted by atomic mass is 9.99. The quantitative estimate of drug-likeness (QED) is 0.206. The second-order valence-electron chi connectivity index (χ2n) is 8.78. The fourth-order valence-electron chi connectivity index (χ4n) is 4.68. The Morgan fingerprint density at radius 2 is 0.902 bits per heavy atom. The molecule has 192 valence electrons. The molecule has 0 fully saturated rings. The van der Waals surface area contributed by atoms with Gasteiger partial charge in [-0.3, -0.25) is 0 Å². The number of fused-ring (bicyclic) bond motifs is 9. The third kappa shape index (κ3) is 3.39. The summed E-state index contributed by atoms with van der Waals surface area (Å²) >= 11 is 0. The number of rotatable bonds is 3. The Balaban J connectivity index is 1.56. The van der Waals surface area contributed by atoms with E-state index >= 15 is 0 Å². The molecule has 7 aromatic carbocycles. The van der Waals surface area contributed by atoms with Crippen molar-refractivity contribution in [2.24, 2.45) is 0 Å². The van der Waals surface area contributed by atoms with Gasteiger partial charge >= 0.3 is 0 Å². The second kappa shape index (κ2) is 8.48. The van der Waals surface area contributed by atoms with Gasteiger partial charge in [0.15, 0.2) is 0 Å². The average molecular weight is 549 g/mol. The Kier molecular flexibility index (Phi) is 1.97. The fraction of sp³-hybridized carbons (Fsp3) is 0. The first-order valence-electron chi connectivity index (χ1n) is 23.5. The van der Waals surface area contributed by atoms with Crippen molar-refractivity contribution < 1.29 is 40.4 Å². The lowest BCUT2D eigenvalue weighted by molar-refractivity contribution is 0.668. The molecule has 0 N–H and O–H groups in total. The highest BCUT2D eigenvalue weighted by Gasteiger charge is 2.17. The number of nitrogens with zero attached hydrogens (tertiary/aromatic N) is 1. The molecule has 3 heteroatoms. The van der Waals surface area contributed by atoms with Crippen LogP contribution in [0.4, 0.5) is 17.1 Å². The molecule has 0 aliphatic carbocycles. The lowest BCUT2D eigenvalue weighted by Gasteiger charge is -2.26. The van der Waals surface area contributed by atoms with Crippen LogP contribution in [0.3, 0.4) is 0 Å². The van der Waals surface area contributed by atoms with Gasteiger partial charge in [-0.05, 0) is 88.0 Å². The van der Waals surface area contributed by atoms with Crippen molar-refractivity contribution in [3.8, 4) is 0 Å². The molecule has 0 atom stereocenters. The van der Waals surface area contributed by atoms with E-state index < -0.39 is 211 Å². The van der Waals surface area contributed by atoms with Crippen LogP contribution in [0.25, 0.3) is 65.4 Å². The molecule has 0 saturated carbocycles. The molecule has 2 heterocycles. The summed E-state index contributed by atoms with van der Waals surface area (Å²) < 4.78 is 215. The van der Waals surface area contributed by atoms with E-state index in [-0.39, 0.29) is 10.8 Å². The van der Waals surface area contributed by atoms with Crippen molar-refractivity contribution in [3.63, 3.8) is 0 Å². The summed E-state index contributed by atoms with van der Waals surface area (Å²) in [4.78, 5) is 0.520. The second-order valence-corrected chi connectivity index (χ2v) is 8.78. The first-order valence-corrected chi connectivity index (χ1v) is 12.0. The topological polar surface area (TPSA) is 29.5 Å². The van der Waals surface area contributed by atoms with Gasteiger partial charge in [0.2, 0.25) is 0 Å². The van der Waals surface area contributed by atoms with Crippen molar-refractivity contribution in [1.29, 1.82) is 0 Å². The fourth-order valence-corrected chi connectivity index (χ4v) is 4.68. The Morgan fingerprint density at radius 3 is 1.68 bits per heavy atom. The van der Waals surface area contributed by atoms with Crippen molar-refractivity contribution in [1.82, 2.24) is 0 Å². The van der Waals surface area contributed by atoms with Crippen molar-refractivity contribution >= 4 is 82.5 Å². The molecular formula is C38H23NO2. The number of hydrogen-bond donors (Lipinski definition) is 0. The van der Waals surface area contributed by atoms with E-state index in [4.69, 9.17) is 30.8 Å². The molecular weight excluding hydrogens is 502 g/mol. The number of hydrogen-bond acceptors (Lipinski definition) is 3. The maximum absolute atomic E-state index is 9.84. The van der Waals surface area contributed by atoms with Gasteiger partial charge in [-0.1, -0.05) is 72.5 Å². The van der Waals surface area contributed by atoms with Crippen LogP contribution in [-0.2, 0) is 0 Å². The molecule has 0 saturated heterocycles. The summed E-state index contributed by atoms with van der Waals surface area (Å²) in [6, 6.07) is -19.5. The molecule has 0 aliphatic heterocycles. The average Bonchev–Trinajstić information content (AvgIpc) is 3.87. The van der Waals surface area contributed by atoms with E-state index in [1.807, 2.05) is 0 Å². The van der Waals surface area contributed by atoms with Crippen LogP contribution < -0.4 is 4.90 Å². The first kappa shape index (κ1) is 9.53. The normalized spacial score (nSPS) is 19.8. The van der Waals surface area contributed by atoms with Crippen LogP contribution in [0.2, 0.25) is 0 Å². The molecule has 0 aliphatic rings. The molecule has 9 aromatic rings. The Morgan fingerprint density at radius 1 is 0.366 bits per heavy atom. The summed E-state index contributed by atoms with van der Waals surface area (Å²) in [5, 5.41) is -4.00. The monoisotopic (exact) mass is 548 g/mol. The zero-order chi connectivity index (χ0) is 46.9. The maximum atomic E-state index is 9.84. The molecule has 0 unspecified atom stereocenters. The van der Waals surface area contributed by atoms with Crippen LogP contribution in [-0.4, -0.2) is 0 Å². The smallest absolute Gasteiger partial charge is 0.136 e. The van der Waals surface area contributed by atoms with Crippen LogP contribution in [0.1, 0.15) is 31.5 Å². The highest BCUT2D eigenvalue weighted by atomic mass is 16.3. The molecule has 2 aromatic heterocycles. The minimum absolute atomic E-state index is 0.356. The van der Waals surface area contributed by atoms with Gasteiger partial charge in [-0.15, -0.1) is 0 Å². The van der Waals surface area contributed by atoms with E-state index in [9.17, 15) is 9.60 Å². The van der Waals surface area contributed by atoms with Crippen molar-refractivity contribution in [2.45, 2.75) is 0 Å². The van der Waals surface area contributed by atoms with E-state index in [0.29, 0.717) is 4.90 Å². The lowest BCUT2D eigenvalue weighted by Crippen LogP contribution is -2.09. The van der Waals surface area contributed by atoms with E-state index in [0.717, 1.165) is 0 Å². The van der Waals surface area contributed by atoms with Gasteiger partial charge in [-0.25, -0.2) is 0 Å². The highest BCUT2D eigenvalue weighted by molar-refractivity contribution is 6.17. The van der Waals surface area contributed by atoms with E-state index in [1.165, 1.54) is 0 Å². The maximum Gasteiger partial charge on any atom is 0.136 e. The number of anilines is 3. The van der Waals surface area contributed by atoms with Crippen LogP contribution in [0, 0.1) is 0 Å². The SMILES string of the molecule is [2H]c1c([2H])c([2H])c(N(c2c([2H])c([2H])c3oc4c([2H])c([2H])c([2H])c([2H])c4c3c2[2H])c2c([2H])c([2H])c3c([2H])c([2H])c4c([2H])c5oc6c([2H])c([2H])c([2H])c([2H])c6c5c([2H])c4c3c2[2H])c([2H])c1[2H]. The minimum Gasteiger partial charge on any atom is -0.456 e. The molecule has 3 nitrogen and oxygen atoms in total. The van der Waals surface area contributed by atoms with Gasteiger partial charge in [0.25, 0.3) is 0 Å². The largest absolute Gasteiger partial charge is 0.456 e. The van der Waals surface area contributed by atoms with Gasteiger partial charge in [0.1, 0.15) is 22.3 Å². The zero-order valence-corrected chi connectivity index (χ0v) is 20.3. The molecule has 0 amide bonds. The van der Waals surface area contributed by atoms with Crippen LogP contribution in [0.15, 0.2) is 148 Å². The molecule has 9 rings (SSSR count). The highest BCUT2D eigenvalue weighted by Crippen LogP contribution is 2.41. The Bertz CT molecular complexity index is 3700. The van der Waals surface area contributed by atoms with E-state index in [1.54, 1.807) is 0 Å². The molecule has 0 radical (unpaired) electrons. The predicted octanol–water partition coefficient (Wildman–Crippen LogP) is 11.3. The van der Waals surface area contributed by atoms with Crippen LogP contribution >= 0.6 is 0 Å². The third-order valence-electron chi connectivity index (χ3n) is 6.46. The first-order chi connectivity index (χ1) is 29.9. The molecule has 41 heavy (non-hydrogen) atoms. The van der Waals surface area contributed by atoms with Gasteiger partial charge < -0.3 is 13.7 Å². The molecule has 0 spiro atoms. The standard InChI is InChI=1S/C38H23NO2/c1-2-8-26(9-3-1)39(28-18-19-37-33(22-28)29-10-4-6-12-35(29)40-37)27-17-16-24-14-15-25-20-38-34(23-32(25)31(24)21-27)30-11-5-7-13-36(30)41-38/h1-23H/i1D,2D,3D,4D,5D,6D,7D,8D,9D,10D,11D,12D,13D,14D,15D,16D,17D,18D,19D,20D,21D,22D,23D. The summed E-state index contributed by atoms with van der Waals surface area (Å²) in [5.74, 6) is 0. The van der Waals surface area contributed by atoms with Crippen molar-refractivity contribution in [3.05, 3.63) is 139 Å². The molecule has 0 bridgehead atoms. The van der Waals surface area contributed by atoms with Gasteiger partial charge in [-0.2, -0.15) is 0 Å².